The quantitative estimate of drug-likeness (QED) is 0.757. The number of aromatic carboxylic acids is 1. The normalized spacial score (nSPS) is 13.3. The van der Waals surface area contributed by atoms with Crippen molar-refractivity contribution in [1.29, 1.82) is 0 Å². The van der Waals surface area contributed by atoms with Gasteiger partial charge in [0.25, 0.3) is 0 Å². The molecule has 118 valence electrons. The molecule has 1 unspecified atom stereocenters. The first-order chi connectivity index (χ1) is 9.77. The van der Waals surface area contributed by atoms with Gasteiger partial charge >= 0.3 is 5.97 Å². The monoisotopic (exact) mass is 314 g/mol. The molecule has 1 atom stereocenters. The Balaban J connectivity index is 2.70. The molecule has 0 radical (unpaired) electrons. The number of sulfonamides is 1. The van der Waals surface area contributed by atoms with Gasteiger partial charge in [0.2, 0.25) is 10.0 Å². The molecule has 0 amide bonds. The van der Waals surface area contributed by atoms with E-state index < -0.39 is 16.0 Å². The standard InChI is InChI=1S/C14H22N2O4S/c1-4-11(2)16(3)9-8-15-21(19,20)13-7-5-6-12(10-13)14(17)18/h5-7,10-11,15H,4,8-9H2,1-3H3,(H,17,18). The summed E-state index contributed by atoms with van der Waals surface area (Å²) < 4.78 is 26.7. The predicted molar refractivity (Wildman–Crippen MR) is 81.0 cm³/mol. The maximum Gasteiger partial charge on any atom is 0.335 e. The summed E-state index contributed by atoms with van der Waals surface area (Å²) in [5.41, 5.74) is -0.0467. The molecule has 0 spiro atoms. The molecular formula is C14H22N2O4S. The molecule has 1 aromatic rings. The third-order valence-electron chi connectivity index (χ3n) is 3.49. The van der Waals surface area contributed by atoms with Crippen LogP contribution in [-0.4, -0.2) is 50.6 Å². The number of rotatable bonds is 8. The van der Waals surface area contributed by atoms with Gasteiger partial charge in [-0.2, -0.15) is 0 Å². The van der Waals surface area contributed by atoms with E-state index in [1.54, 1.807) is 0 Å². The van der Waals surface area contributed by atoms with Crippen LogP contribution in [0.1, 0.15) is 30.6 Å². The third-order valence-corrected chi connectivity index (χ3v) is 4.95. The fourth-order valence-electron chi connectivity index (χ4n) is 1.77. The zero-order chi connectivity index (χ0) is 16.0. The summed E-state index contributed by atoms with van der Waals surface area (Å²) in [6, 6.07) is 5.70. The molecule has 21 heavy (non-hydrogen) atoms. The summed E-state index contributed by atoms with van der Waals surface area (Å²) in [7, 11) is -1.75. The number of likely N-dealkylation sites (N-methyl/N-ethyl adjacent to an activating group) is 1. The van der Waals surface area contributed by atoms with Crippen LogP contribution in [0.4, 0.5) is 0 Å². The summed E-state index contributed by atoms with van der Waals surface area (Å²) in [5.74, 6) is -1.15. The van der Waals surface area contributed by atoms with Crippen LogP contribution in [0.2, 0.25) is 0 Å². The van der Waals surface area contributed by atoms with Crippen LogP contribution in [0, 0.1) is 0 Å². The molecule has 0 bridgehead atoms. The van der Waals surface area contributed by atoms with Crippen molar-refractivity contribution < 1.29 is 18.3 Å². The Labute approximate surface area is 125 Å². The lowest BCUT2D eigenvalue weighted by atomic mass is 10.2. The molecular weight excluding hydrogens is 292 g/mol. The van der Waals surface area contributed by atoms with E-state index in [-0.39, 0.29) is 17.0 Å². The van der Waals surface area contributed by atoms with Gasteiger partial charge in [0.1, 0.15) is 0 Å². The first-order valence-corrected chi connectivity index (χ1v) is 8.29. The second kappa shape index (κ2) is 7.53. The fraction of sp³-hybridized carbons (Fsp3) is 0.500. The van der Waals surface area contributed by atoms with Gasteiger partial charge in [-0.05, 0) is 38.6 Å². The van der Waals surface area contributed by atoms with Crippen LogP contribution in [0.15, 0.2) is 29.2 Å². The van der Waals surface area contributed by atoms with Crippen molar-refractivity contribution in [3.05, 3.63) is 29.8 Å². The Morgan fingerprint density at radius 3 is 2.67 bits per heavy atom. The molecule has 2 N–H and O–H groups in total. The van der Waals surface area contributed by atoms with Crippen LogP contribution < -0.4 is 4.72 Å². The maximum absolute atomic E-state index is 12.1. The van der Waals surface area contributed by atoms with Crippen molar-refractivity contribution in [1.82, 2.24) is 9.62 Å². The molecule has 0 aliphatic heterocycles. The van der Waals surface area contributed by atoms with Gasteiger partial charge in [0, 0.05) is 19.1 Å². The number of carboxylic acid groups (broad SMARTS) is 1. The molecule has 0 heterocycles. The Bertz CT molecular complexity index is 586. The smallest absolute Gasteiger partial charge is 0.335 e. The van der Waals surface area contributed by atoms with Crippen LogP contribution >= 0.6 is 0 Å². The molecule has 6 nitrogen and oxygen atoms in total. The minimum Gasteiger partial charge on any atom is -0.478 e. The Morgan fingerprint density at radius 1 is 1.43 bits per heavy atom. The predicted octanol–water partition coefficient (Wildman–Crippen LogP) is 1.39. The molecule has 0 fully saturated rings. The molecule has 0 saturated carbocycles. The number of nitrogens with zero attached hydrogens (tertiary/aromatic N) is 1. The number of nitrogens with one attached hydrogen (secondary N) is 1. The van der Waals surface area contributed by atoms with Gasteiger partial charge in [-0.3, -0.25) is 0 Å². The highest BCUT2D eigenvalue weighted by Crippen LogP contribution is 2.11. The molecule has 1 rings (SSSR count). The second-order valence-electron chi connectivity index (χ2n) is 4.97. The van der Waals surface area contributed by atoms with Crippen molar-refractivity contribution in [2.75, 3.05) is 20.1 Å². The van der Waals surface area contributed by atoms with Crippen molar-refractivity contribution >= 4 is 16.0 Å². The topological polar surface area (TPSA) is 86.7 Å². The highest BCUT2D eigenvalue weighted by molar-refractivity contribution is 7.89. The minimum atomic E-state index is -3.68. The summed E-state index contributed by atoms with van der Waals surface area (Å²) in [5, 5.41) is 8.89. The fourth-order valence-corrected chi connectivity index (χ4v) is 2.83. The van der Waals surface area contributed by atoms with Crippen LogP contribution in [-0.2, 0) is 10.0 Å². The molecule has 7 heteroatoms. The maximum atomic E-state index is 12.1. The lowest BCUT2D eigenvalue weighted by Crippen LogP contribution is -2.37. The number of benzene rings is 1. The minimum absolute atomic E-state index is 0.0337. The van der Waals surface area contributed by atoms with E-state index in [4.69, 9.17) is 5.11 Å². The first kappa shape index (κ1) is 17.6. The van der Waals surface area contributed by atoms with Gasteiger partial charge in [0.05, 0.1) is 10.5 Å². The first-order valence-electron chi connectivity index (χ1n) is 6.81. The lowest BCUT2D eigenvalue weighted by Gasteiger charge is -2.23. The average Bonchev–Trinajstić information content (AvgIpc) is 2.46. The van der Waals surface area contributed by atoms with E-state index in [1.165, 1.54) is 18.2 Å². The lowest BCUT2D eigenvalue weighted by molar-refractivity contribution is 0.0696. The molecule has 1 aromatic carbocycles. The number of carbonyl (C=O) groups is 1. The third kappa shape index (κ3) is 5.11. The number of carboxylic acids is 1. The van der Waals surface area contributed by atoms with Gasteiger partial charge in [-0.1, -0.05) is 13.0 Å². The number of hydrogen-bond donors (Lipinski definition) is 2. The molecule has 0 aliphatic carbocycles. The zero-order valence-electron chi connectivity index (χ0n) is 12.5. The van der Waals surface area contributed by atoms with Crippen LogP contribution in [0.5, 0.6) is 0 Å². The van der Waals surface area contributed by atoms with Crippen LogP contribution in [0.3, 0.4) is 0 Å². The van der Waals surface area contributed by atoms with E-state index in [0.29, 0.717) is 12.6 Å². The zero-order valence-corrected chi connectivity index (χ0v) is 13.4. The average molecular weight is 314 g/mol. The van der Waals surface area contributed by atoms with E-state index in [1.807, 2.05) is 7.05 Å². The summed E-state index contributed by atoms with van der Waals surface area (Å²) in [6.45, 7) is 5.01. The highest BCUT2D eigenvalue weighted by Gasteiger charge is 2.16. The Hall–Kier alpha value is -1.44. The van der Waals surface area contributed by atoms with Gasteiger partial charge in [-0.15, -0.1) is 0 Å². The van der Waals surface area contributed by atoms with E-state index in [9.17, 15) is 13.2 Å². The Morgan fingerprint density at radius 2 is 2.10 bits per heavy atom. The molecule has 0 aromatic heterocycles. The number of hydrogen-bond acceptors (Lipinski definition) is 4. The largest absolute Gasteiger partial charge is 0.478 e. The Kier molecular flexibility index (Phi) is 6.32. The summed E-state index contributed by atoms with van der Waals surface area (Å²) >= 11 is 0. The van der Waals surface area contributed by atoms with Gasteiger partial charge in [0.15, 0.2) is 0 Å². The van der Waals surface area contributed by atoms with Crippen molar-refractivity contribution in [2.24, 2.45) is 0 Å². The van der Waals surface area contributed by atoms with Gasteiger partial charge in [-0.25, -0.2) is 17.9 Å². The van der Waals surface area contributed by atoms with Crippen molar-refractivity contribution in [3.8, 4) is 0 Å². The summed E-state index contributed by atoms with van der Waals surface area (Å²) in [6.07, 6.45) is 0.990. The van der Waals surface area contributed by atoms with E-state index in [2.05, 4.69) is 23.5 Å². The van der Waals surface area contributed by atoms with E-state index in [0.717, 1.165) is 12.5 Å². The van der Waals surface area contributed by atoms with Gasteiger partial charge < -0.3 is 10.0 Å². The second-order valence-corrected chi connectivity index (χ2v) is 6.74. The van der Waals surface area contributed by atoms with Crippen LogP contribution in [0.25, 0.3) is 0 Å². The molecule has 0 aliphatic rings. The van der Waals surface area contributed by atoms with Crippen molar-refractivity contribution in [3.63, 3.8) is 0 Å². The SMILES string of the molecule is CCC(C)N(C)CCNS(=O)(=O)c1cccc(C(=O)O)c1. The molecule has 0 saturated heterocycles. The summed E-state index contributed by atoms with van der Waals surface area (Å²) in [4.78, 5) is 12.9. The van der Waals surface area contributed by atoms with E-state index >= 15 is 0 Å². The van der Waals surface area contributed by atoms with Crippen molar-refractivity contribution in [2.45, 2.75) is 31.2 Å². The highest BCUT2D eigenvalue weighted by atomic mass is 32.2.